The van der Waals surface area contributed by atoms with Crippen LogP contribution in [-0.2, 0) is 0 Å². The highest BCUT2D eigenvalue weighted by Gasteiger charge is 2.03. The van der Waals surface area contributed by atoms with Gasteiger partial charge in [0.1, 0.15) is 11.9 Å². The summed E-state index contributed by atoms with van der Waals surface area (Å²) in [6.07, 6.45) is 3.01. The molecule has 0 spiro atoms. The lowest BCUT2D eigenvalue weighted by Gasteiger charge is -2.02. The van der Waals surface area contributed by atoms with Gasteiger partial charge in [0.25, 0.3) is 0 Å². The third-order valence-electron chi connectivity index (χ3n) is 2.06. The van der Waals surface area contributed by atoms with Gasteiger partial charge in [0.2, 0.25) is 0 Å². The summed E-state index contributed by atoms with van der Waals surface area (Å²) in [4.78, 5) is 3.90. The minimum absolute atomic E-state index is 0.317. The molecule has 2 rings (SSSR count). The Hall–Kier alpha value is -1.92. The van der Waals surface area contributed by atoms with Gasteiger partial charge in [0.15, 0.2) is 0 Å². The predicted octanol–water partition coefficient (Wildman–Crippen LogP) is 3.41. The zero-order valence-electron chi connectivity index (χ0n) is 8.11. The summed E-state index contributed by atoms with van der Waals surface area (Å²) in [5.74, 6) is -0.412. The molecule has 2 aromatic rings. The molecular weight excluding hydrogens is 227 g/mol. The van der Waals surface area contributed by atoms with Gasteiger partial charge in [-0.3, -0.25) is 4.98 Å². The third kappa shape index (κ3) is 2.18. The highest BCUT2D eigenvalue weighted by Crippen LogP contribution is 2.24. The second-order valence-electron chi connectivity index (χ2n) is 3.23. The minimum atomic E-state index is -0.412. The summed E-state index contributed by atoms with van der Waals surface area (Å²) in [6.45, 7) is 0. The minimum Gasteiger partial charge on any atom is -0.263 e. The van der Waals surface area contributed by atoms with E-state index in [9.17, 15) is 4.39 Å². The molecule has 0 aliphatic heterocycles. The number of aromatic nitrogens is 1. The fourth-order valence-corrected chi connectivity index (χ4v) is 1.60. The van der Waals surface area contributed by atoms with E-state index in [1.165, 1.54) is 18.3 Å². The molecule has 0 unspecified atom stereocenters. The molecule has 2 nitrogen and oxygen atoms in total. The Morgan fingerprint density at radius 2 is 1.94 bits per heavy atom. The van der Waals surface area contributed by atoms with Crippen LogP contribution in [0.15, 0.2) is 36.7 Å². The first-order chi connectivity index (χ1) is 7.69. The molecule has 0 fully saturated rings. The lowest BCUT2D eigenvalue weighted by atomic mass is 10.1. The van der Waals surface area contributed by atoms with Gasteiger partial charge in [0.05, 0.1) is 5.56 Å². The predicted molar refractivity (Wildman–Crippen MR) is 59.4 cm³/mol. The smallest absolute Gasteiger partial charge is 0.125 e. The standard InChI is InChI=1S/C12H6ClFN2/c13-11-2-9(3-12(14)4-11)10-1-8(5-15)6-16-7-10/h1-4,6-7H. The van der Waals surface area contributed by atoms with Gasteiger partial charge in [-0.15, -0.1) is 0 Å². The first kappa shape index (κ1) is 10.6. The highest BCUT2D eigenvalue weighted by atomic mass is 35.5. The summed E-state index contributed by atoms with van der Waals surface area (Å²) < 4.78 is 13.1. The Labute approximate surface area is 96.9 Å². The van der Waals surface area contributed by atoms with E-state index in [-0.39, 0.29) is 0 Å². The molecule has 1 aromatic carbocycles. The molecule has 0 saturated carbocycles. The van der Waals surface area contributed by atoms with Gasteiger partial charge in [0, 0.05) is 23.0 Å². The first-order valence-electron chi connectivity index (χ1n) is 4.50. The Kier molecular flexibility index (Phi) is 2.84. The van der Waals surface area contributed by atoms with Gasteiger partial charge in [-0.05, 0) is 29.8 Å². The van der Waals surface area contributed by atoms with Crippen molar-refractivity contribution in [2.75, 3.05) is 0 Å². The van der Waals surface area contributed by atoms with Gasteiger partial charge in [-0.2, -0.15) is 5.26 Å². The van der Waals surface area contributed by atoms with E-state index in [1.807, 2.05) is 6.07 Å². The lowest BCUT2D eigenvalue weighted by molar-refractivity contribution is 0.628. The van der Waals surface area contributed by atoms with Gasteiger partial charge in [-0.25, -0.2) is 4.39 Å². The number of nitrogens with zero attached hydrogens (tertiary/aromatic N) is 2. The van der Waals surface area contributed by atoms with Crippen LogP contribution in [0.2, 0.25) is 5.02 Å². The molecule has 0 N–H and O–H groups in total. The molecule has 0 radical (unpaired) electrons. The number of nitriles is 1. The first-order valence-corrected chi connectivity index (χ1v) is 4.88. The SMILES string of the molecule is N#Cc1cncc(-c2cc(F)cc(Cl)c2)c1. The summed E-state index contributed by atoms with van der Waals surface area (Å²) in [6, 6.07) is 7.82. The Morgan fingerprint density at radius 3 is 2.62 bits per heavy atom. The average molecular weight is 233 g/mol. The molecule has 0 bridgehead atoms. The van der Waals surface area contributed by atoms with Crippen LogP contribution < -0.4 is 0 Å². The van der Waals surface area contributed by atoms with E-state index in [2.05, 4.69) is 4.98 Å². The number of benzene rings is 1. The summed E-state index contributed by atoms with van der Waals surface area (Å²) in [5, 5.41) is 9.04. The molecule has 1 heterocycles. The van der Waals surface area contributed by atoms with E-state index >= 15 is 0 Å². The van der Waals surface area contributed by atoms with Gasteiger partial charge in [-0.1, -0.05) is 11.6 Å². The molecule has 0 aliphatic rings. The van der Waals surface area contributed by atoms with Crippen molar-refractivity contribution in [2.24, 2.45) is 0 Å². The van der Waals surface area contributed by atoms with Crippen LogP contribution in [0.4, 0.5) is 4.39 Å². The third-order valence-corrected chi connectivity index (χ3v) is 2.28. The molecule has 1 aromatic heterocycles. The van der Waals surface area contributed by atoms with Crippen molar-refractivity contribution in [3.63, 3.8) is 0 Å². The maximum atomic E-state index is 13.1. The number of rotatable bonds is 1. The maximum Gasteiger partial charge on any atom is 0.125 e. The summed E-state index contributed by atoms with van der Waals surface area (Å²) in [5.41, 5.74) is 1.70. The fourth-order valence-electron chi connectivity index (χ4n) is 1.38. The van der Waals surface area contributed by atoms with Crippen molar-refractivity contribution in [3.8, 4) is 17.2 Å². The number of hydrogen-bond donors (Lipinski definition) is 0. The van der Waals surface area contributed by atoms with Crippen molar-refractivity contribution >= 4 is 11.6 Å². The normalized spacial score (nSPS) is 9.81. The molecule has 0 aliphatic carbocycles. The quantitative estimate of drug-likeness (QED) is 0.756. The van der Waals surface area contributed by atoms with Crippen molar-refractivity contribution in [2.45, 2.75) is 0 Å². The van der Waals surface area contributed by atoms with Crippen molar-refractivity contribution in [3.05, 3.63) is 53.1 Å². The Morgan fingerprint density at radius 1 is 1.12 bits per heavy atom. The van der Waals surface area contributed by atoms with E-state index in [0.717, 1.165) is 0 Å². The molecule has 4 heteroatoms. The fraction of sp³-hybridized carbons (Fsp3) is 0. The summed E-state index contributed by atoms with van der Waals surface area (Å²) >= 11 is 5.75. The monoisotopic (exact) mass is 232 g/mol. The van der Waals surface area contributed by atoms with E-state index < -0.39 is 5.82 Å². The van der Waals surface area contributed by atoms with Crippen LogP contribution >= 0.6 is 11.6 Å². The lowest BCUT2D eigenvalue weighted by Crippen LogP contribution is -1.85. The van der Waals surface area contributed by atoms with E-state index in [0.29, 0.717) is 21.7 Å². The van der Waals surface area contributed by atoms with Crippen LogP contribution in [0.25, 0.3) is 11.1 Å². The van der Waals surface area contributed by atoms with Crippen molar-refractivity contribution < 1.29 is 4.39 Å². The Balaban J connectivity index is 2.54. The van der Waals surface area contributed by atoms with Gasteiger partial charge >= 0.3 is 0 Å². The second kappa shape index (κ2) is 4.30. The molecule has 0 saturated heterocycles. The summed E-state index contributed by atoms with van der Waals surface area (Å²) in [7, 11) is 0. The molecule has 78 valence electrons. The van der Waals surface area contributed by atoms with Gasteiger partial charge < -0.3 is 0 Å². The van der Waals surface area contributed by atoms with Crippen LogP contribution in [0.3, 0.4) is 0 Å². The number of halogens is 2. The Bertz CT molecular complexity index is 555. The molecule has 0 amide bonds. The van der Waals surface area contributed by atoms with E-state index in [4.69, 9.17) is 16.9 Å². The van der Waals surface area contributed by atoms with Crippen molar-refractivity contribution in [1.82, 2.24) is 4.98 Å². The van der Waals surface area contributed by atoms with Crippen LogP contribution in [0, 0.1) is 17.1 Å². The topological polar surface area (TPSA) is 36.7 Å². The average Bonchev–Trinajstić information content (AvgIpc) is 2.28. The highest BCUT2D eigenvalue weighted by molar-refractivity contribution is 6.30. The molecule has 0 atom stereocenters. The van der Waals surface area contributed by atoms with E-state index in [1.54, 1.807) is 18.3 Å². The maximum absolute atomic E-state index is 13.1. The molecule has 16 heavy (non-hydrogen) atoms. The van der Waals surface area contributed by atoms with Crippen molar-refractivity contribution in [1.29, 1.82) is 5.26 Å². The van der Waals surface area contributed by atoms with Crippen LogP contribution in [0.1, 0.15) is 5.56 Å². The molecular formula is C12H6ClFN2. The largest absolute Gasteiger partial charge is 0.263 e. The number of hydrogen-bond acceptors (Lipinski definition) is 2. The zero-order chi connectivity index (χ0) is 11.5. The second-order valence-corrected chi connectivity index (χ2v) is 3.67. The zero-order valence-corrected chi connectivity index (χ0v) is 8.87. The van der Waals surface area contributed by atoms with Crippen LogP contribution in [-0.4, -0.2) is 4.98 Å². The van der Waals surface area contributed by atoms with Crippen LogP contribution in [0.5, 0.6) is 0 Å². The number of pyridine rings is 1.